The van der Waals surface area contributed by atoms with Crippen LogP contribution >= 0.6 is 15.6 Å². The van der Waals surface area contributed by atoms with E-state index in [0.717, 1.165) is 10.8 Å². The van der Waals surface area contributed by atoms with Crippen LogP contribution in [-0.2, 0) is 27.2 Å². The van der Waals surface area contributed by atoms with Crippen LogP contribution in [-0.4, -0.2) is 93.6 Å². The first-order valence-corrected chi connectivity index (χ1v) is 12.1. The molecule has 1 fully saturated rings. The topological polar surface area (TPSA) is 222 Å². The number of aliphatic hydroxyl groups excluding tert-OH is 2. The van der Waals surface area contributed by atoms with E-state index in [1.807, 2.05) is 0 Å². The van der Waals surface area contributed by atoms with Crippen LogP contribution in [0.5, 0.6) is 0 Å². The van der Waals surface area contributed by atoms with Gasteiger partial charge in [0.15, 0.2) is 12.0 Å². The molecular formula is C14H26N4O12P2. The van der Waals surface area contributed by atoms with E-state index < -0.39 is 52.5 Å². The molecule has 1 aromatic rings. The lowest BCUT2D eigenvalue weighted by Gasteiger charge is -2.28. The quantitative estimate of drug-likeness (QED) is 0.125. The zero-order valence-corrected chi connectivity index (χ0v) is 19.2. The zero-order chi connectivity index (χ0) is 24.3. The van der Waals surface area contributed by atoms with Crippen molar-refractivity contribution in [2.75, 3.05) is 46.4 Å². The van der Waals surface area contributed by atoms with Gasteiger partial charge >= 0.3 is 13.5 Å². The summed E-state index contributed by atoms with van der Waals surface area (Å²) in [7, 11) is -5.07. The fraction of sp³-hybridized carbons (Fsp3) is 0.714. The molecular weight excluding hydrogens is 478 g/mol. The predicted molar refractivity (Wildman–Crippen MR) is 103 cm³/mol. The van der Waals surface area contributed by atoms with Gasteiger partial charge in [-0.1, -0.05) is 0 Å². The van der Waals surface area contributed by atoms with Crippen molar-refractivity contribution in [3.8, 4) is 0 Å². The Morgan fingerprint density at radius 2 is 1.94 bits per heavy atom. The monoisotopic (exact) mass is 504 g/mol. The van der Waals surface area contributed by atoms with Crippen LogP contribution in [0.25, 0.3) is 0 Å². The third-order valence-corrected chi connectivity index (χ3v) is 6.77. The summed E-state index contributed by atoms with van der Waals surface area (Å²) in [6, 6.07) is 1.17. The number of phosphoric ester groups is 2. The van der Waals surface area contributed by atoms with Gasteiger partial charge in [-0.15, -0.1) is 0 Å². The van der Waals surface area contributed by atoms with Crippen molar-refractivity contribution < 1.29 is 56.9 Å². The summed E-state index contributed by atoms with van der Waals surface area (Å²) in [5.74, 6) is -0.178. The highest BCUT2D eigenvalue weighted by molar-refractivity contribution is 7.60. The van der Waals surface area contributed by atoms with Crippen molar-refractivity contribution in [1.29, 1.82) is 0 Å². The molecule has 0 bridgehead atoms. The molecule has 1 aromatic heterocycles. The molecule has 6 atom stereocenters. The van der Waals surface area contributed by atoms with Gasteiger partial charge in [-0.05, 0) is 6.07 Å². The number of rotatable bonds is 11. The van der Waals surface area contributed by atoms with Gasteiger partial charge in [0.1, 0.15) is 31.5 Å². The molecule has 184 valence electrons. The second-order valence-electron chi connectivity index (χ2n) is 7.80. The van der Waals surface area contributed by atoms with Crippen LogP contribution in [0.3, 0.4) is 0 Å². The minimum Gasteiger partial charge on any atom is -0.756 e. The summed E-state index contributed by atoms with van der Waals surface area (Å²) < 4.78 is 43.3. The SMILES string of the molecule is C[N+](C)(C)CCOP(=O)([O-])OP(=O)(O)OC[C@H]1O[C@@H](n2ccc(NO)nc2=O)[C@H](O)[C@@H]1O. The highest BCUT2D eigenvalue weighted by atomic mass is 31.3. The highest BCUT2D eigenvalue weighted by Gasteiger charge is 2.45. The molecule has 2 rings (SSSR count). The van der Waals surface area contributed by atoms with E-state index >= 15 is 0 Å². The Hall–Kier alpha value is -1.26. The Morgan fingerprint density at radius 1 is 1.28 bits per heavy atom. The number of aromatic nitrogens is 2. The molecule has 0 aliphatic carbocycles. The number of ether oxygens (including phenoxy) is 1. The van der Waals surface area contributed by atoms with Gasteiger partial charge in [0.2, 0.25) is 0 Å². The van der Waals surface area contributed by atoms with E-state index in [2.05, 4.69) is 18.3 Å². The van der Waals surface area contributed by atoms with Crippen LogP contribution in [0.15, 0.2) is 17.1 Å². The maximum Gasteiger partial charge on any atom is 0.478 e. The van der Waals surface area contributed by atoms with Gasteiger partial charge in [0.25, 0.3) is 7.82 Å². The van der Waals surface area contributed by atoms with Gasteiger partial charge in [-0.2, -0.15) is 4.98 Å². The molecule has 32 heavy (non-hydrogen) atoms. The summed E-state index contributed by atoms with van der Waals surface area (Å²) >= 11 is 0. The second-order valence-corrected chi connectivity index (χ2v) is 10.8. The molecule has 0 spiro atoms. The molecule has 1 saturated heterocycles. The number of nitrogens with zero attached hydrogens (tertiary/aromatic N) is 3. The number of anilines is 1. The number of hydrogen-bond donors (Lipinski definition) is 5. The summed E-state index contributed by atoms with van der Waals surface area (Å²) in [6.45, 7) is -0.924. The normalized spacial score (nSPS) is 27.6. The Balaban J connectivity index is 1.97. The first kappa shape index (κ1) is 27.0. The molecule has 1 aliphatic heterocycles. The van der Waals surface area contributed by atoms with Crippen molar-refractivity contribution in [3.05, 3.63) is 22.7 Å². The van der Waals surface area contributed by atoms with E-state index in [0.29, 0.717) is 4.48 Å². The molecule has 16 nitrogen and oxygen atoms in total. The number of likely N-dealkylation sites (N-methyl/N-ethyl adjacent to an activating group) is 1. The highest BCUT2D eigenvalue weighted by Crippen LogP contribution is 2.58. The Bertz CT molecular complexity index is 937. The van der Waals surface area contributed by atoms with E-state index in [4.69, 9.17) is 9.94 Å². The summed E-state index contributed by atoms with van der Waals surface area (Å²) in [6.07, 6.45) is -5.12. The van der Waals surface area contributed by atoms with E-state index in [1.165, 1.54) is 6.07 Å². The van der Waals surface area contributed by atoms with Crippen molar-refractivity contribution >= 4 is 21.5 Å². The number of phosphoric acid groups is 2. The molecule has 0 radical (unpaired) electrons. The largest absolute Gasteiger partial charge is 0.756 e. The third-order valence-electron chi connectivity index (χ3n) is 4.17. The minimum absolute atomic E-state index is 0.178. The van der Waals surface area contributed by atoms with Crippen molar-refractivity contribution in [3.63, 3.8) is 0 Å². The van der Waals surface area contributed by atoms with Gasteiger partial charge in [0, 0.05) is 6.20 Å². The van der Waals surface area contributed by atoms with Crippen molar-refractivity contribution in [2.45, 2.75) is 24.5 Å². The summed E-state index contributed by atoms with van der Waals surface area (Å²) in [4.78, 5) is 36.8. The maximum atomic E-state index is 12.0. The fourth-order valence-electron chi connectivity index (χ4n) is 2.53. The molecule has 2 heterocycles. The number of quaternary nitrogens is 1. The Morgan fingerprint density at radius 3 is 2.50 bits per heavy atom. The molecule has 0 saturated carbocycles. The van der Waals surface area contributed by atoms with E-state index in [1.54, 1.807) is 26.6 Å². The van der Waals surface area contributed by atoms with Gasteiger partial charge in [-0.25, -0.2) is 13.7 Å². The molecule has 0 amide bonds. The summed E-state index contributed by atoms with van der Waals surface area (Å²) in [5, 5.41) is 29.0. The standard InChI is InChI=1S/C14H26N4O12P2/c1-18(2,3)6-7-27-31(23,24)30-32(25,26)28-8-9-11(19)12(20)13(29-9)17-5-4-10(16-22)15-14(17)21/h4-5,9,11-13,19-20H,6-8H2,1-3H3,(H3-,15,16,21,22,23,24,25,26)/t9-,11-,12-,13-/m1/s1. The van der Waals surface area contributed by atoms with Crippen LogP contribution in [0.2, 0.25) is 0 Å². The van der Waals surface area contributed by atoms with Gasteiger partial charge < -0.3 is 33.7 Å². The van der Waals surface area contributed by atoms with Gasteiger partial charge in [0.05, 0.1) is 27.7 Å². The van der Waals surface area contributed by atoms with E-state index in [-0.39, 0.29) is 19.0 Å². The molecule has 1 aliphatic rings. The lowest BCUT2D eigenvalue weighted by Crippen LogP contribution is -2.37. The van der Waals surface area contributed by atoms with E-state index in [9.17, 15) is 33.9 Å². The Kier molecular flexibility index (Phi) is 8.72. The average Bonchev–Trinajstić information content (AvgIpc) is 2.92. The van der Waals surface area contributed by atoms with Crippen LogP contribution < -0.4 is 16.1 Å². The molecule has 0 aromatic carbocycles. The molecule has 5 N–H and O–H groups in total. The Labute approximate surface area is 182 Å². The average molecular weight is 504 g/mol. The van der Waals surface area contributed by atoms with Crippen molar-refractivity contribution in [1.82, 2.24) is 9.55 Å². The smallest absolute Gasteiger partial charge is 0.478 e. The lowest BCUT2D eigenvalue weighted by molar-refractivity contribution is -0.870. The van der Waals surface area contributed by atoms with Crippen LogP contribution in [0.1, 0.15) is 6.23 Å². The minimum atomic E-state index is -5.20. The lowest BCUT2D eigenvalue weighted by atomic mass is 10.1. The first-order valence-electron chi connectivity index (χ1n) is 9.10. The molecule has 2 unspecified atom stereocenters. The zero-order valence-electron chi connectivity index (χ0n) is 17.4. The first-order chi connectivity index (χ1) is 14.6. The third kappa shape index (κ3) is 7.66. The number of hydrogen-bond acceptors (Lipinski definition) is 13. The van der Waals surface area contributed by atoms with Crippen LogP contribution in [0, 0.1) is 0 Å². The van der Waals surface area contributed by atoms with Gasteiger partial charge in [-0.3, -0.25) is 24.3 Å². The predicted octanol–water partition coefficient (Wildman–Crippen LogP) is -2.01. The number of nitrogens with one attached hydrogen (secondary N) is 1. The molecule has 18 heteroatoms. The van der Waals surface area contributed by atoms with Crippen molar-refractivity contribution in [2.24, 2.45) is 0 Å². The van der Waals surface area contributed by atoms with Crippen LogP contribution in [0.4, 0.5) is 5.82 Å². The maximum absolute atomic E-state index is 12.0. The number of aliphatic hydroxyl groups is 2. The second kappa shape index (κ2) is 10.3. The summed E-state index contributed by atoms with van der Waals surface area (Å²) in [5.41, 5.74) is 0.713. The fourth-order valence-corrected chi connectivity index (χ4v) is 4.56.